The number of aryl methyl sites for hydroxylation is 1. The van der Waals surface area contributed by atoms with Crippen molar-refractivity contribution in [3.05, 3.63) is 55.1 Å². The zero-order valence-electron chi connectivity index (χ0n) is 15.6. The first-order chi connectivity index (χ1) is 13.3. The average molecular weight is 467 g/mol. The molecule has 2 heterocycles. The fraction of sp³-hybridized carbons (Fsp3) is 0.333. The number of halogens is 1. The molecule has 0 spiro atoms. The number of hydrogen-bond donors (Lipinski definition) is 0. The van der Waals surface area contributed by atoms with Crippen LogP contribution < -0.4 is 11.2 Å². The lowest BCUT2D eigenvalue weighted by molar-refractivity contribution is -0.139. The molecule has 0 saturated heterocycles. The summed E-state index contributed by atoms with van der Waals surface area (Å²) >= 11 is 4.58. The van der Waals surface area contributed by atoms with Crippen LogP contribution in [0.15, 0.2) is 43.5 Å². The molecule has 0 unspecified atom stereocenters. The van der Waals surface area contributed by atoms with E-state index < -0.39 is 11.2 Å². The van der Waals surface area contributed by atoms with E-state index in [0.717, 1.165) is 14.6 Å². The Kier molecular flexibility index (Phi) is 6.09. The first-order valence-electron chi connectivity index (χ1n) is 8.52. The lowest BCUT2D eigenvalue weighted by Crippen LogP contribution is -2.37. The fourth-order valence-electron chi connectivity index (χ4n) is 2.78. The zero-order chi connectivity index (χ0) is 20.4. The number of aromatic nitrogens is 4. The summed E-state index contributed by atoms with van der Waals surface area (Å²) in [6.07, 6.45) is 0. The van der Waals surface area contributed by atoms with E-state index in [1.165, 1.54) is 23.4 Å². The molecule has 0 aliphatic rings. The number of imidazole rings is 1. The van der Waals surface area contributed by atoms with Crippen molar-refractivity contribution < 1.29 is 9.53 Å². The Hall–Kier alpha value is -2.33. The Morgan fingerprint density at radius 3 is 2.50 bits per heavy atom. The molecule has 2 aromatic heterocycles. The number of carbonyl (C=O) groups excluding carboxylic acids is 1. The summed E-state index contributed by atoms with van der Waals surface area (Å²) in [5.74, 6) is -0.303. The van der Waals surface area contributed by atoms with Crippen LogP contribution in [0.1, 0.15) is 12.5 Å². The molecule has 0 atom stereocenters. The smallest absolute Gasteiger partial charge is 0.332 e. The van der Waals surface area contributed by atoms with Gasteiger partial charge in [0.2, 0.25) is 0 Å². The highest BCUT2D eigenvalue weighted by Crippen LogP contribution is 2.23. The van der Waals surface area contributed by atoms with Gasteiger partial charge in [-0.1, -0.05) is 39.8 Å². The van der Waals surface area contributed by atoms with Gasteiger partial charge in [-0.15, -0.1) is 0 Å². The molecular formula is C18H19BrN4O4S. The van der Waals surface area contributed by atoms with Crippen molar-refractivity contribution in [2.75, 3.05) is 12.4 Å². The van der Waals surface area contributed by atoms with Crippen molar-refractivity contribution in [3.8, 4) is 0 Å². The number of nitrogens with zero attached hydrogens (tertiary/aromatic N) is 4. The lowest BCUT2D eigenvalue weighted by Gasteiger charge is -2.10. The SMILES string of the molecule is CCOC(=O)CSc1nc2c(c(=O)n(C)c(=O)n2C)n1Cc1ccc(Br)cc1. The molecule has 0 aliphatic heterocycles. The van der Waals surface area contributed by atoms with Crippen LogP contribution in [0.3, 0.4) is 0 Å². The minimum absolute atomic E-state index is 0.0613. The molecule has 8 nitrogen and oxygen atoms in total. The van der Waals surface area contributed by atoms with Gasteiger partial charge in [-0.25, -0.2) is 9.78 Å². The van der Waals surface area contributed by atoms with Crippen molar-refractivity contribution in [2.24, 2.45) is 14.1 Å². The second kappa shape index (κ2) is 8.36. The number of fused-ring (bicyclic) bond motifs is 1. The van der Waals surface area contributed by atoms with Crippen molar-refractivity contribution >= 4 is 44.8 Å². The van der Waals surface area contributed by atoms with Crippen molar-refractivity contribution in [1.82, 2.24) is 18.7 Å². The number of thioether (sulfide) groups is 1. The maximum atomic E-state index is 12.8. The highest BCUT2D eigenvalue weighted by Gasteiger charge is 2.20. The van der Waals surface area contributed by atoms with E-state index in [2.05, 4.69) is 20.9 Å². The summed E-state index contributed by atoms with van der Waals surface area (Å²) in [6.45, 7) is 2.41. The van der Waals surface area contributed by atoms with Gasteiger partial charge in [0, 0.05) is 18.6 Å². The Balaban J connectivity index is 2.14. The maximum Gasteiger partial charge on any atom is 0.332 e. The van der Waals surface area contributed by atoms with Gasteiger partial charge in [0.1, 0.15) is 0 Å². The molecule has 0 saturated carbocycles. The van der Waals surface area contributed by atoms with Crippen molar-refractivity contribution in [3.63, 3.8) is 0 Å². The molecule has 10 heteroatoms. The van der Waals surface area contributed by atoms with E-state index in [4.69, 9.17) is 4.74 Å². The van der Waals surface area contributed by atoms with Crippen LogP contribution in [-0.2, 0) is 30.2 Å². The molecule has 0 aliphatic carbocycles. The summed E-state index contributed by atoms with van der Waals surface area (Å²) in [5, 5.41) is 0.476. The van der Waals surface area contributed by atoms with Crippen LogP contribution >= 0.6 is 27.7 Å². The molecule has 3 aromatic rings. The first-order valence-corrected chi connectivity index (χ1v) is 10.3. The first kappa shape index (κ1) is 20.4. The number of esters is 1. The molecular weight excluding hydrogens is 448 g/mol. The minimum atomic E-state index is -0.451. The quantitative estimate of drug-likeness (QED) is 0.407. The normalized spacial score (nSPS) is 11.1. The number of hydrogen-bond acceptors (Lipinski definition) is 6. The molecule has 0 N–H and O–H groups in total. The Labute approximate surface area is 173 Å². The monoisotopic (exact) mass is 466 g/mol. The number of ether oxygens (including phenoxy) is 1. The molecule has 3 rings (SSSR count). The van der Waals surface area contributed by atoms with E-state index in [9.17, 15) is 14.4 Å². The summed E-state index contributed by atoms with van der Waals surface area (Å²) in [7, 11) is 3.01. The third-order valence-corrected chi connectivity index (χ3v) is 5.67. The topological polar surface area (TPSA) is 88.1 Å². The maximum absolute atomic E-state index is 12.8. The molecule has 148 valence electrons. The van der Waals surface area contributed by atoms with Gasteiger partial charge < -0.3 is 9.30 Å². The van der Waals surface area contributed by atoms with E-state index in [0.29, 0.717) is 23.8 Å². The summed E-state index contributed by atoms with van der Waals surface area (Å²) in [4.78, 5) is 41.3. The number of carbonyl (C=O) groups is 1. The van der Waals surface area contributed by atoms with Gasteiger partial charge >= 0.3 is 11.7 Å². The molecule has 1 aromatic carbocycles. The van der Waals surface area contributed by atoms with E-state index >= 15 is 0 Å². The Morgan fingerprint density at radius 2 is 1.86 bits per heavy atom. The molecule has 0 bridgehead atoms. The van der Waals surface area contributed by atoms with Gasteiger partial charge in [-0.05, 0) is 24.6 Å². The Morgan fingerprint density at radius 1 is 1.18 bits per heavy atom. The molecule has 0 radical (unpaired) electrons. The standard InChI is InChI=1S/C18H19BrN4O4S/c1-4-27-13(24)10-28-17-20-15-14(16(25)22(3)18(26)21(15)2)23(17)9-11-5-7-12(19)8-6-11/h5-8H,4,9-10H2,1-3H3. The van der Waals surface area contributed by atoms with Gasteiger partial charge in [-0.3, -0.25) is 18.7 Å². The van der Waals surface area contributed by atoms with Crippen molar-refractivity contribution in [2.45, 2.75) is 18.6 Å². The van der Waals surface area contributed by atoms with Crippen LogP contribution in [0.4, 0.5) is 0 Å². The van der Waals surface area contributed by atoms with Gasteiger partial charge in [-0.2, -0.15) is 0 Å². The van der Waals surface area contributed by atoms with E-state index in [-0.39, 0.29) is 17.4 Å². The number of rotatable bonds is 6. The predicted molar refractivity (Wildman–Crippen MR) is 111 cm³/mol. The second-order valence-corrected chi connectivity index (χ2v) is 7.94. The summed E-state index contributed by atoms with van der Waals surface area (Å²) in [6, 6.07) is 7.69. The second-order valence-electron chi connectivity index (χ2n) is 6.08. The molecule has 0 amide bonds. The number of benzene rings is 1. The van der Waals surface area contributed by atoms with E-state index in [1.54, 1.807) is 18.5 Å². The van der Waals surface area contributed by atoms with Gasteiger partial charge in [0.15, 0.2) is 16.3 Å². The summed E-state index contributed by atoms with van der Waals surface area (Å²) in [5.41, 5.74) is 0.685. The van der Waals surface area contributed by atoms with Gasteiger partial charge in [0.25, 0.3) is 5.56 Å². The highest BCUT2D eigenvalue weighted by molar-refractivity contribution is 9.10. The van der Waals surface area contributed by atoms with E-state index in [1.807, 2.05) is 24.3 Å². The molecule has 0 fully saturated rings. The van der Waals surface area contributed by atoms with Crippen LogP contribution in [0.5, 0.6) is 0 Å². The largest absolute Gasteiger partial charge is 0.465 e. The minimum Gasteiger partial charge on any atom is -0.465 e. The average Bonchev–Trinajstić information content (AvgIpc) is 3.03. The third kappa shape index (κ3) is 3.93. The van der Waals surface area contributed by atoms with Crippen LogP contribution in [0.25, 0.3) is 11.2 Å². The van der Waals surface area contributed by atoms with Crippen molar-refractivity contribution in [1.29, 1.82) is 0 Å². The predicted octanol–water partition coefficient (Wildman–Crippen LogP) is 1.90. The van der Waals surface area contributed by atoms with Crippen LogP contribution in [0, 0.1) is 0 Å². The fourth-order valence-corrected chi connectivity index (χ4v) is 3.84. The van der Waals surface area contributed by atoms with Crippen LogP contribution in [-0.4, -0.2) is 37.0 Å². The zero-order valence-corrected chi connectivity index (χ0v) is 18.0. The van der Waals surface area contributed by atoms with Crippen LogP contribution in [0.2, 0.25) is 0 Å². The molecule has 28 heavy (non-hydrogen) atoms. The third-order valence-electron chi connectivity index (χ3n) is 4.19. The summed E-state index contributed by atoms with van der Waals surface area (Å²) < 4.78 is 10.1. The highest BCUT2D eigenvalue weighted by atomic mass is 79.9. The van der Waals surface area contributed by atoms with Gasteiger partial charge in [0.05, 0.1) is 18.9 Å². The Bertz CT molecular complexity index is 1150. The lowest BCUT2D eigenvalue weighted by atomic mass is 10.2.